The minimum absolute atomic E-state index is 0.168. The molecule has 52 heavy (non-hydrogen) atoms. The second-order valence-corrected chi connectivity index (χ2v) is 18.7. The zero-order valence-electron chi connectivity index (χ0n) is 31.2. The van der Waals surface area contributed by atoms with E-state index in [0.29, 0.717) is 41.4 Å². The van der Waals surface area contributed by atoms with E-state index in [4.69, 9.17) is 28.4 Å². The molecule has 8 rings (SSSR count). The highest BCUT2D eigenvalue weighted by molar-refractivity contribution is 5.15. The summed E-state index contributed by atoms with van der Waals surface area (Å²) in [7, 11) is 0. The van der Waals surface area contributed by atoms with Gasteiger partial charge in [0.2, 0.25) is 0 Å². The lowest BCUT2D eigenvalue weighted by molar-refractivity contribution is -0.373. The Morgan fingerprint density at radius 2 is 1.37 bits per heavy atom. The summed E-state index contributed by atoms with van der Waals surface area (Å²) in [6.07, 6.45) is -3.88. The van der Waals surface area contributed by atoms with Crippen LogP contribution >= 0.6 is 0 Å². The van der Waals surface area contributed by atoms with Crippen LogP contribution in [0, 0.1) is 52.3 Å². The van der Waals surface area contributed by atoms with Crippen LogP contribution in [0.1, 0.15) is 91.9 Å². The third kappa shape index (κ3) is 5.98. The predicted octanol–water partition coefficient (Wildman–Crippen LogP) is 1.44. The number of hydrogen-bond acceptors (Lipinski definition) is 13. The number of aliphatic hydroxyl groups excluding tert-OH is 7. The normalized spacial score (nSPS) is 59.0. The molecule has 0 aromatic rings. The molecule has 22 atom stereocenters. The Balaban J connectivity index is 0.942. The van der Waals surface area contributed by atoms with Crippen molar-refractivity contribution in [3.05, 3.63) is 0 Å². The van der Waals surface area contributed by atoms with E-state index in [0.717, 1.165) is 45.1 Å². The Hall–Kier alpha value is -0.520. The predicted molar refractivity (Wildman–Crippen MR) is 183 cm³/mol. The number of ether oxygens (including phenoxy) is 6. The fourth-order valence-corrected chi connectivity index (χ4v) is 13.2. The molecule has 0 aromatic carbocycles. The molecule has 1 spiro atoms. The highest BCUT2D eigenvalue weighted by Crippen LogP contribution is 2.71. The van der Waals surface area contributed by atoms with Gasteiger partial charge < -0.3 is 64.2 Å². The van der Waals surface area contributed by atoms with Gasteiger partial charge in [0.1, 0.15) is 48.8 Å². The van der Waals surface area contributed by atoms with E-state index >= 15 is 0 Å². The van der Waals surface area contributed by atoms with Crippen LogP contribution in [0.4, 0.5) is 0 Å². The van der Waals surface area contributed by atoms with Crippen molar-refractivity contribution in [1.29, 1.82) is 0 Å². The highest BCUT2D eigenvalue weighted by Gasteiger charge is 2.69. The highest BCUT2D eigenvalue weighted by atomic mass is 16.8. The summed E-state index contributed by atoms with van der Waals surface area (Å²) in [5.74, 6) is 3.51. The lowest BCUT2D eigenvalue weighted by atomic mass is 9.44. The standard InChI is InChI=1S/C39H64O13/c1-18-7-12-39(47-17-18)19(2)28-25(52-39)14-24-22-6-5-20-13-21(8-10-37(20,3)23(22)9-11-38(24,28)4)48-36-34(32(45)30(43)27(16-41)50-36)51-35-33(46)31(44)29(42)26(15-40)49-35/h18-36,40-46H,5-17H2,1-4H3/t18?,19-,20+,21-,22+,23-,24-,25-,26+,27+,28-,29+,30-,31-,32+,33+,34+,35-,36+,37-,38-,39+/m0/s1. The lowest BCUT2D eigenvalue weighted by Gasteiger charge is -2.61. The maximum absolute atomic E-state index is 11.1. The molecule has 4 aliphatic carbocycles. The average Bonchev–Trinajstić information content (AvgIpc) is 3.58. The van der Waals surface area contributed by atoms with Gasteiger partial charge >= 0.3 is 0 Å². The Kier molecular flexibility index (Phi) is 10.4. The van der Waals surface area contributed by atoms with Gasteiger partial charge in [-0.2, -0.15) is 0 Å². The monoisotopic (exact) mass is 740 g/mol. The van der Waals surface area contributed by atoms with Gasteiger partial charge in [-0.25, -0.2) is 0 Å². The molecule has 8 fully saturated rings. The van der Waals surface area contributed by atoms with Gasteiger partial charge in [-0.05, 0) is 104 Å². The van der Waals surface area contributed by atoms with Crippen LogP contribution in [0.25, 0.3) is 0 Å². The minimum atomic E-state index is -1.71. The number of fused-ring (bicyclic) bond motifs is 7. The largest absolute Gasteiger partial charge is 0.394 e. The minimum Gasteiger partial charge on any atom is -0.394 e. The van der Waals surface area contributed by atoms with Crippen molar-refractivity contribution in [2.24, 2.45) is 52.3 Å². The maximum atomic E-state index is 11.1. The van der Waals surface area contributed by atoms with E-state index in [2.05, 4.69) is 27.7 Å². The first kappa shape index (κ1) is 38.4. The SMILES string of the molecule is CC1CC[C@@]2(OC1)O[C@H]1C[C@H]3[C@@H]4CC[C@@H]5C[C@@H](O[C@@H]6O[C@H](CO)[C@H](O)[C@@H](O)[C@H]6O[C@@H]6O[C@H](CO)[C@@H](O)[C@H](O)[C@H]6O)CC[C@]5(C)[C@H]4CC[C@]3(C)[C@H]1[C@@H]2C. The first-order valence-corrected chi connectivity index (χ1v) is 20.3. The van der Waals surface area contributed by atoms with E-state index in [1.165, 1.54) is 25.7 Å². The molecule has 1 unspecified atom stereocenters. The summed E-state index contributed by atoms with van der Waals surface area (Å²) in [6, 6.07) is 0. The molecule has 13 nitrogen and oxygen atoms in total. The van der Waals surface area contributed by atoms with Crippen molar-refractivity contribution in [3.63, 3.8) is 0 Å². The number of hydrogen-bond donors (Lipinski definition) is 7. The quantitative estimate of drug-likeness (QED) is 0.194. The van der Waals surface area contributed by atoms with E-state index in [9.17, 15) is 35.7 Å². The molecule has 7 N–H and O–H groups in total. The zero-order valence-corrected chi connectivity index (χ0v) is 31.2. The summed E-state index contributed by atoms with van der Waals surface area (Å²) in [5.41, 5.74) is 0.425. The first-order chi connectivity index (χ1) is 24.7. The van der Waals surface area contributed by atoms with Crippen LogP contribution in [-0.4, -0.2) is 135 Å². The molecule has 0 radical (unpaired) electrons. The van der Waals surface area contributed by atoms with Crippen molar-refractivity contribution in [2.45, 2.75) is 171 Å². The summed E-state index contributed by atoms with van der Waals surface area (Å²) in [6.45, 7) is 9.33. The number of aliphatic hydroxyl groups is 7. The van der Waals surface area contributed by atoms with Crippen LogP contribution in [0.2, 0.25) is 0 Å². The van der Waals surface area contributed by atoms with Crippen molar-refractivity contribution in [3.8, 4) is 0 Å². The molecule has 0 bridgehead atoms. The van der Waals surface area contributed by atoms with Gasteiger partial charge in [0, 0.05) is 12.3 Å². The van der Waals surface area contributed by atoms with E-state index in [1.807, 2.05) is 0 Å². The van der Waals surface area contributed by atoms with Gasteiger partial charge in [-0.1, -0.05) is 27.7 Å². The van der Waals surface area contributed by atoms with Crippen molar-refractivity contribution in [1.82, 2.24) is 0 Å². The van der Waals surface area contributed by atoms with Gasteiger partial charge in [0.05, 0.1) is 32.0 Å². The fourth-order valence-electron chi connectivity index (χ4n) is 13.2. The molecule has 0 aromatic heterocycles. The van der Waals surface area contributed by atoms with E-state index in [-0.39, 0.29) is 23.0 Å². The van der Waals surface area contributed by atoms with Crippen molar-refractivity contribution < 1.29 is 64.2 Å². The first-order valence-electron chi connectivity index (χ1n) is 20.3. The zero-order chi connectivity index (χ0) is 36.9. The second kappa shape index (κ2) is 14.1. The Morgan fingerprint density at radius 1 is 0.673 bits per heavy atom. The van der Waals surface area contributed by atoms with Crippen LogP contribution in [0.15, 0.2) is 0 Å². The molecular weight excluding hydrogens is 676 g/mol. The Morgan fingerprint density at radius 3 is 2.06 bits per heavy atom. The number of rotatable bonds is 6. The van der Waals surface area contributed by atoms with Crippen LogP contribution in [0.3, 0.4) is 0 Å². The van der Waals surface area contributed by atoms with Gasteiger partial charge in [-0.3, -0.25) is 0 Å². The van der Waals surface area contributed by atoms with Crippen LogP contribution in [-0.2, 0) is 28.4 Å². The smallest absolute Gasteiger partial charge is 0.187 e. The molecule has 8 aliphatic rings. The molecule has 13 heteroatoms. The Labute approximate surface area is 307 Å². The molecule has 4 heterocycles. The summed E-state index contributed by atoms with van der Waals surface area (Å²) in [5, 5.41) is 72.7. The van der Waals surface area contributed by atoms with Crippen molar-refractivity contribution in [2.75, 3.05) is 19.8 Å². The molecule has 298 valence electrons. The second-order valence-electron chi connectivity index (χ2n) is 18.7. The van der Waals surface area contributed by atoms with Gasteiger partial charge in [-0.15, -0.1) is 0 Å². The summed E-state index contributed by atoms with van der Waals surface area (Å²) in [4.78, 5) is 0. The van der Waals surface area contributed by atoms with Crippen molar-refractivity contribution >= 4 is 0 Å². The van der Waals surface area contributed by atoms with E-state index in [1.54, 1.807) is 0 Å². The van der Waals surface area contributed by atoms with Crippen LogP contribution in [0.5, 0.6) is 0 Å². The average molecular weight is 741 g/mol. The van der Waals surface area contributed by atoms with E-state index < -0.39 is 80.4 Å². The molecule has 4 saturated heterocycles. The third-order valence-corrected chi connectivity index (χ3v) is 16.2. The van der Waals surface area contributed by atoms with Gasteiger partial charge in [0.15, 0.2) is 18.4 Å². The summed E-state index contributed by atoms with van der Waals surface area (Å²) >= 11 is 0. The van der Waals surface area contributed by atoms with Gasteiger partial charge in [0.25, 0.3) is 0 Å². The lowest BCUT2D eigenvalue weighted by Crippen LogP contribution is -2.65. The Bertz CT molecular complexity index is 1260. The molecule has 0 amide bonds. The third-order valence-electron chi connectivity index (χ3n) is 16.2. The fraction of sp³-hybridized carbons (Fsp3) is 1.00. The molecule has 4 saturated carbocycles. The maximum Gasteiger partial charge on any atom is 0.187 e. The molecule has 4 aliphatic heterocycles. The topological polar surface area (TPSA) is 197 Å². The van der Waals surface area contributed by atoms with Crippen LogP contribution < -0.4 is 0 Å². The summed E-state index contributed by atoms with van der Waals surface area (Å²) < 4.78 is 37.5. The molecular formula is C39H64O13.